The van der Waals surface area contributed by atoms with Crippen LogP contribution in [0, 0.1) is 17.0 Å². The first kappa shape index (κ1) is 15.7. The monoisotopic (exact) mass is 324 g/mol. The van der Waals surface area contributed by atoms with Crippen molar-refractivity contribution in [1.29, 1.82) is 0 Å². The largest absolute Gasteiger partial charge is 0.459 e. The second-order valence-electron chi connectivity index (χ2n) is 5.64. The molecule has 122 valence electrons. The molecule has 0 saturated carbocycles. The summed E-state index contributed by atoms with van der Waals surface area (Å²) in [5, 5.41) is 14.8. The molecule has 6 heteroatoms. The SMILES string of the molecule is Cc1ccc(C(=O)N[C@H](C)c2cc3ccccc3o2)cc1[N+](=O)[O-]. The van der Waals surface area contributed by atoms with Crippen LogP contribution in [-0.2, 0) is 0 Å². The van der Waals surface area contributed by atoms with E-state index in [0.29, 0.717) is 11.3 Å². The molecule has 0 saturated heterocycles. The molecule has 24 heavy (non-hydrogen) atoms. The highest BCUT2D eigenvalue weighted by molar-refractivity contribution is 5.95. The zero-order chi connectivity index (χ0) is 17.3. The number of fused-ring (bicyclic) bond motifs is 1. The number of aryl methyl sites for hydroxylation is 1. The fraction of sp³-hybridized carbons (Fsp3) is 0.167. The van der Waals surface area contributed by atoms with Gasteiger partial charge in [-0.3, -0.25) is 14.9 Å². The molecule has 1 N–H and O–H groups in total. The van der Waals surface area contributed by atoms with Gasteiger partial charge in [0.2, 0.25) is 0 Å². The smallest absolute Gasteiger partial charge is 0.273 e. The van der Waals surface area contributed by atoms with Gasteiger partial charge in [-0.15, -0.1) is 0 Å². The number of hydrogen-bond donors (Lipinski definition) is 1. The van der Waals surface area contributed by atoms with Crippen molar-refractivity contribution in [3.63, 3.8) is 0 Å². The molecule has 1 atom stereocenters. The summed E-state index contributed by atoms with van der Waals surface area (Å²) in [6.07, 6.45) is 0. The van der Waals surface area contributed by atoms with Gasteiger partial charge < -0.3 is 9.73 Å². The maximum absolute atomic E-state index is 12.4. The van der Waals surface area contributed by atoms with E-state index in [2.05, 4.69) is 5.32 Å². The molecule has 0 radical (unpaired) electrons. The molecule has 0 spiro atoms. The van der Waals surface area contributed by atoms with Crippen molar-refractivity contribution in [1.82, 2.24) is 5.32 Å². The zero-order valence-corrected chi connectivity index (χ0v) is 13.3. The molecule has 3 rings (SSSR count). The molecule has 0 aliphatic carbocycles. The molecule has 0 unspecified atom stereocenters. The Morgan fingerprint density at radius 2 is 1.96 bits per heavy atom. The van der Waals surface area contributed by atoms with Crippen molar-refractivity contribution in [3.8, 4) is 0 Å². The lowest BCUT2D eigenvalue weighted by Gasteiger charge is -2.11. The van der Waals surface area contributed by atoms with Crippen molar-refractivity contribution in [2.24, 2.45) is 0 Å². The lowest BCUT2D eigenvalue weighted by molar-refractivity contribution is -0.385. The number of nitrogens with zero attached hydrogens (tertiary/aromatic N) is 1. The van der Waals surface area contributed by atoms with Gasteiger partial charge in [-0.25, -0.2) is 0 Å². The maximum Gasteiger partial charge on any atom is 0.273 e. The molecular weight excluding hydrogens is 308 g/mol. The Kier molecular flexibility index (Phi) is 4.04. The van der Waals surface area contributed by atoms with Gasteiger partial charge >= 0.3 is 0 Å². The summed E-state index contributed by atoms with van der Waals surface area (Å²) in [4.78, 5) is 22.9. The normalized spacial score (nSPS) is 12.1. The van der Waals surface area contributed by atoms with Crippen LogP contribution in [0.25, 0.3) is 11.0 Å². The molecule has 0 aliphatic rings. The lowest BCUT2D eigenvalue weighted by Crippen LogP contribution is -2.26. The fourth-order valence-corrected chi connectivity index (χ4v) is 2.51. The summed E-state index contributed by atoms with van der Waals surface area (Å²) >= 11 is 0. The maximum atomic E-state index is 12.4. The second-order valence-corrected chi connectivity index (χ2v) is 5.64. The Balaban J connectivity index is 1.81. The van der Waals surface area contributed by atoms with Crippen LogP contribution in [0.5, 0.6) is 0 Å². The van der Waals surface area contributed by atoms with E-state index in [-0.39, 0.29) is 23.2 Å². The summed E-state index contributed by atoms with van der Waals surface area (Å²) < 4.78 is 5.72. The minimum absolute atomic E-state index is 0.0703. The third-order valence-corrected chi connectivity index (χ3v) is 3.89. The first-order chi connectivity index (χ1) is 11.5. The number of nitrogens with one attached hydrogen (secondary N) is 1. The van der Waals surface area contributed by atoms with Gasteiger partial charge in [-0.1, -0.05) is 24.3 Å². The van der Waals surface area contributed by atoms with Crippen LogP contribution < -0.4 is 5.32 Å². The number of nitro groups is 1. The van der Waals surface area contributed by atoms with Crippen LogP contribution in [0.3, 0.4) is 0 Å². The van der Waals surface area contributed by atoms with Crippen molar-refractivity contribution >= 4 is 22.6 Å². The van der Waals surface area contributed by atoms with Crippen LogP contribution in [0.4, 0.5) is 5.69 Å². The molecule has 1 aromatic heterocycles. The number of hydrogen-bond acceptors (Lipinski definition) is 4. The third kappa shape index (κ3) is 2.99. The van der Waals surface area contributed by atoms with Crippen LogP contribution in [-0.4, -0.2) is 10.8 Å². The van der Waals surface area contributed by atoms with Crippen LogP contribution in [0.1, 0.15) is 34.6 Å². The second kappa shape index (κ2) is 6.16. The third-order valence-electron chi connectivity index (χ3n) is 3.89. The summed E-state index contributed by atoms with van der Waals surface area (Å²) in [6, 6.07) is 13.5. The average molecular weight is 324 g/mol. The molecule has 0 aliphatic heterocycles. The van der Waals surface area contributed by atoms with Crippen LogP contribution >= 0.6 is 0 Å². The van der Waals surface area contributed by atoms with Crippen molar-refractivity contribution < 1.29 is 14.1 Å². The Morgan fingerprint density at radius 3 is 2.67 bits per heavy atom. The zero-order valence-electron chi connectivity index (χ0n) is 13.3. The van der Waals surface area contributed by atoms with Crippen LogP contribution in [0.15, 0.2) is 52.9 Å². The Hall–Kier alpha value is -3.15. The van der Waals surface area contributed by atoms with E-state index >= 15 is 0 Å². The summed E-state index contributed by atoms with van der Waals surface area (Å²) in [5.74, 6) is 0.247. The number of rotatable bonds is 4. The number of carbonyl (C=O) groups is 1. The van der Waals surface area contributed by atoms with Crippen molar-refractivity contribution in [3.05, 3.63) is 75.5 Å². The van der Waals surface area contributed by atoms with Crippen molar-refractivity contribution in [2.45, 2.75) is 19.9 Å². The van der Waals surface area contributed by atoms with Gasteiger partial charge in [0.1, 0.15) is 11.3 Å². The highest BCUT2D eigenvalue weighted by Crippen LogP contribution is 2.24. The molecule has 1 amide bonds. The quantitative estimate of drug-likeness (QED) is 0.577. The summed E-state index contributed by atoms with van der Waals surface area (Å²) in [6.45, 7) is 3.44. The summed E-state index contributed by atoms with van der Waals surface area (Å²) in [7, 11) is 0. The van der Waals surface area contributed by atoms with E-state index in [4.69, 9.17) is 4.42 Å². The predicted molar refractivity (Wildman–Crippen MR) is 89.9 cm³/mol. The topological polar surface area (TPSA) is 85.4 Å². The Labute approximate surface area is 138 Å². The van der Waals surface area contributed by atoms with E-state index in [1.165, 1.54) is 6.07 Å². The molecule has 2 aromatic carbocycles. The molecule has 0 fully saturated rings. The Morgan fingerprint density at radius 1 is 1.21 bits per heavy atom. The fourth-order valence-electron chi connectivity index (χ4n) is 2.51. The number of para-hydroxylation sites is 1. The van der Waals surface area contributed by atoms with Gasteiger partial charge in [-0.2, -0.15) is 0 Å². The van der Waals surface area contributed by atoms with Gasteiger partial charge in [0.15, 0.2) is 0 Å². The summed E-state index contributed by atoms with van der Waals surface area (Å²) in [5.41, 5.74) is 1.44. The van der Waals surface area contributed by atoms with Gasteiger partial charge in [0.05, 0.1) is 11.0 Å². The molecular formula is C18H16N2O4. The van der Waals surface area contributed by atoms with Gasteiger partial charge in [0, 0.05) is 22.6 Å². The van der Waals surface area contributed by atoms with Gasteiger partial charge in [-0.05, 0) is 32.0 Å². The first-order valence-electron chi connectivity index (χ1n) is 7.50. The molecule has 3 aromatic rings. The number of carbonyl (C=O) groups excluding carboxylic acids is 1. The van der Waals surface area contributed by atoms with Crippen molar-refractivity contribution in [2.75, 3.05) is 0 Å². The van der Waals surface area contributed by atoms with E-state index in [9.17, 15) is 14.9 Å². The van der Waals surface area contributed by atoms with E-state index in [1.54, 1.807) is 26.0 Å². The first-order valence-corrected chi connectivity index (χ1v) is 7.50. The number of benzene rings is 2. The van der Waals surface area contributed by atoms with Gasteiger partial charge in [0.25, 0.3) is 11.6 Å². The minimum Gasteiger partial charge on any atom is -0.459 e. The van der Waals surface area contributed by atoms with E-state index < -0.39 is 4.92 Å². The molecule has 6 nitrogen and oxygen atoms in total. The van der Waals surface area contributed by atoms with Crippen LogP contribution in [0.2, 0.25) is 0 Å². The molecule has 1 heterocycles. The number of nitro benzene ring substituents is 1. The van der Waals surface area contributed by atoms with E-state index in [0.717, 1.165) is 11.0 Å². The predicted octanol–water partition coefficient (Wildman–Crippen LogP) is 4.14. The highest BCUT2D eigenvalue weighted by Gasteiger charge is 2.18. The number of amides is 1. The minimum atomic E-state index is -0.491. The standard InChI is InChI=1S/C18H16N2O4/c1-11-7-8-14(9-15(11)20(22)23)18(21)19-12(2)17-10-13-5-3-4-6-16(13)24-17/h3-10,12H,1-2H3,(H,19,21)/t12-/m1/s1. The Bertz CT molecular complexity index is 897. The number of furan rings is 1. The molecule has 0 bridgehead atoms. The highest BCUT2D eigenvalue weighted by atomic mass is 16.6. The average Bonchev–Trinajstić information content (AvgIpc) is 2.99. The lowest BCUT2D eigenvalue weighted by atomic mass is 10.1. The van der Waals surface area contributed by atoms with E-state index in [1.807, 2.05) is 30.3 Å².